The van der Waals surface area contributed by atoms with Crippen LogP contribution in [-0.4, -0.2) is 49.8 Å². The van der Waals surface area contributed by atoms with Gasteiger partial charge in [-0.05, 0) is 36.8 Å². The molecule has 2 heterocycles. The van der Waals surface area contributed by atoms with E-state index in [0.29, 0.717) is 38.6 Å². The molecular formula is C17H27N3O2S. The van der Waals surface area contributed by atoms with Crippen molar-refractivity contribution in [2.24, 2.45) is 17.6 Å². The Morgan fingerprint density at radius 1 is 1.09 bits per heavy atom. The molecule has 5 nitrogen and oxygen atoms in total. The Morgan fingerprint density at radius 3 is 2.35 bits per heavy atom. The molecule has 0 aliphatic carbocycles. The summed E-state index contributed by atoms with van der Waals surface area (Å²) < 4.78 is 29.2. The van der Waals surface area contributed by atoms with Gasteiger partial charge >= 0.3 is 0 Å². The van der Waals surface area contributed by atoms with Gasteiger partial charge in [0.25, 0.3) is 10.2 Å². The van der Waals surface area contributed by atoms with Gasteiger partial charge in [-0.15, -0.1) is 0 Å². The van der Waals surface area contributed by atoms with Crippen LogP contribution in [0, 0.1) is 11.8 Å². The van der Waals surface area contributed by atoms with Crippen molar-refractivity contribution in [2.45, 2.75) is 25.7 Å². The van der Waals surface area contributed by atoms with Crippen molar-refractivity contribution in [3.63, 3.8) is 0 Å². The van der Waals surface area contributed by atoms with E-state index in [1.807, 2.05) is 18.2 Å². The summed E-state index contributed by atoms with van der Waals surface area (Å²) in [5, 5.41) is 0. The van der Waals surface area contributed by atoms with Gasteiger partial charge in [0.05, 0.1) is 0 Å². The van der Waals surface area contributed by atoms with E-state index in [2.05, 4.69) is 19.1 Å². The maximum atomic E-state index is 12.9. The lowest BCUT2D eigenvalue weighted by molar-refractivity contribution is 0.269. The fourth-order valence-electron chi connectivity index (χ4n) is 3.72. The van der Waals surface area contributed by atoms with Crippen molar-refractivity contribution < 1.29 is 8.42 Å². The van der Waals surface area contributed by atoms with Crippen LogP contribution in [-0.2, 0) is 10.2 Å². The van der Waals surface area contributed by atoms with Crippen molar-refractivity contribution in [2.75, 3.05) is 32.7 Å². The summed E-state index contributed by atoms with van der Waals surface area (Å²) >= 11 is 0. The van der Waals surface area contributed by atoms with E-state index in [-0.39, 0.29) is 11.8 Å². The van der Waals surface area contributed by atoms with Gasteiger partial charge < -0.3 is 5.73 Å². The van der Waals surface area contributed by atoms with E-state index in [9.17, 15) is 8.42 Å². The summed E-state index contributed by atoms with van der Waals surface area (Å²) in [6, 6.07) is 10.1. The number of piperidine rings is 1. The van der Waals surface area contributed by atoms with Gasteiger partial charge in [-0.25, -0.2) is 0 Å². The summed E-state index contributed by atoms with van der Waals surface area (Å²) in [7, 11) is -3.36. The van der Waals surface area contributed by atoms with Crippen molar-refractivity contribution in [3.8, 4) is 0 Å². The van der Waals surface area contributed by atoms with Gasteiger partial charge in [0.15, 0.2) is 0 Å². The lowest BCUT2D eigenvalue weighted by Gasteiger charge is -2.32. The van der Waals surface area contributed by atoms with E-state index < -0.39 is 10.2 Å². The maximum absolute atomic E-state index is 12.9. The van der Waals surface area contributed by atoms with Gasteiger partial charge in [-0.3, -0.25) is 0 Å². The predicted octanol–water partition coefficient (Wildman–Crippen LogP) is 1.64. The smallest absolute Gasteiger partial charge is 0.282 e. The minimum atomic E-state index is -3.36. The molecule has 6 heteroatoms. The fraction of sp³-hybridized carbons (Fsp3) is 0.647. The lowest BCUT2D eigenvalue weighted by Crippen LogP contribution is -2.46. The van der Waals surface area contributed by atoms with E-state index in [1.165, 1.54) is 5.56 Å². The number of hydrogen-bond acceptors (Lipinski definition) is 3. The second-order valence-corrected chi connectivity index (χ2v) is 8.85. The van der Waals surface area contributed by atoms with E-state index in [1.54, 1.807) is 8.61 Å². The van der Waals surface area contributed by atoms with E-state index in [4.69, 9.17) is 5.73 Å². The Balaban J connectivity index is 1.76. The van der Waals surface area contributed by atoms with Crippen LogP contribution in [0.4, 0.5) is 0 Å². The van der Waals surface area contributed by atoms with Crippen LogP contribution in [0.2, 0.25) is 0 Å². The second-order valence-electron chi connectivity index (χ2n) is 6.92. The first-order valence-corrected chi connectivity index (χ1v) is 9.92. The largest absolute Gasteiger partial charge is 0.330 e. The van der Waals surface area contributed by atoms with Gasteiger partial charge in [-0.2, -0.15) is 17.0 Å². The highest BCUT2D eigenvalue weighted by Crippen LogP contribution is 2.34. The number of rotatable bonds is 4. The highest BCUT2D eigenvalue weighted by atomic mass is 32.2. The van der Waals surface area contributed by atoms with Crippen LogP contribution in [0.3, 0.4) is 0 Å². The quantitative estimate of drug-likeness (QED) is 0.908. The second kappa shape index (κ2) is 6.89. The zero-order valence-corrected chi connectivity index (χ0v) is 14.6. The topological polar surface area (TPSA) is 66.6 Å². The number of hydrogen-bond donors (Lipinski definition) is 1. The number of benzene rings is 1. The Hall–Kier alpha value is -0.950. The fourth-order valence-corrected chi connectivity index (χ4v) is 5.44. The normalized spacial score (nSPS) is 28.3. The van der Waals surface area contributed by atoms with Crippen LogP contribution in [0.5, 0.6) is 0 Å². The van der Waals surface area contributed by atoms with Crippen molar-refractivity contribution in [1.82, 2.24) is 8.61 Å². The Labute approximate surface area is 139 Å². The molecule has 2 atom stereocenters. The standard InChI is InChI=1S/C17H27N3O2S/c1-14-7-9-19(10-8-14)23(21,22)20-12-16(11-18)17(13-20)15-5-3-2-4-6-15/h2-6,14,16-17H,7-13,18H2,1H3/t16-,17+/m1/s1. The average molecular weight is 337 g/mol. The van der Waals surface area contributed by atoms with Gasteiger partial charge in [0, 0.05) is 32.1 Å². The third kappa shape index (κ3) is 3.45. The average Bonchev–Trinajstić information content (AvgIpc) is 3.01. The third-order valence-corrected chi connectivity index (χ3v) is 7.30. The van der Waals surface area contributed by atoms with Crippen molar-refractivity contribution in [1.29, 1.82) is 0 Å². The van der Waals surface area contributed by atoms with E-state index >= 15 is 0 Å². The Bertz CT molecular complexity index is 612. The van der Waals surface area contributed by atoms with Crippen LogP contribution >= 0.6 is 0 Å². The van der Waals surface area contributed by atoms with Crippen LogP contribution in [0.1, 0.15) is 31.2 Å². The molecule has 2 N–H and O–H groups in total. The van der Waals surface area contributed by atoms with Crippen LogP contribution in [0.25, 0.3) is 0 Å². The highest BCUT2D eigenvalue weighted by Gasteiger charge is 2.41. The molecule has 0 amide bonds. The lowest BCUT2D eigenvalue weighted by atomic mass is 9.89. The zero-order chi connectivity index (χ0) is 16.4. The molecule has 1 aromatic carbocycles. The summed E-state index contributed by atoms with van der Waals surface area (Å²) in [6.07, 6.45) is 1.91. The third-order valence-electron chi connectivity index (χ3n) is 5.33. The molecular weight excluding hydrogens is 310 g/mol. The van der Waals surface area contributed by atoms with Gasteiger partial charge in [0.2, 0.25) is 0 Å². The minimum Gasteiger partial charge on any atom is -0.330 e. The molecule has 0 unspecified atom stereocenters. The molecule has 2 aliphatic heterocycles. The molecule has 2 aliphatic rings. The van der Waals surface area contributed by atoms with Crippen LogP contribution < -0.4 is 5.73 Å². The molecule has 0 radical (unpaired) electrons. The summed E-state index contributed by atoms with van der Waals surface area (Å²) in [5.74, 6) is 1.00. The number of nitrogens with two attached hydrogens (primary N) is 1. The summed E-state index contributed by atoms with van der Waals surface area (Å²) in [4.78, 5) is 0. The Morgan fingerprint density at radius 2 is 1.74 bits per heavy atom. The number of nitrogens with zero attached hydrogens (tertiary/aromatic N) is 2. The molecule has 1 aromatic rings. The SMILES string of the molecule is CC1CCN(S(=O)(=O)N2C[C@@H](CN)[C@H](c3ccccc3)C2)CC1. The molecule has 3 rings (SSSR count). The first-order chi connectivity index (χ1) is 11.0. The highest BCUT2D eigenvalue weighted by molar-refractivity contribution is 7.86. The summed E-state index contributed by atoms with van der Waals surface area (Å²) in [5.41, 5.74) is 7.12. The molecule has 0 spiro atoms. The molecule has 0 saturated carbocycles. The summed E-state index contributed by atoms with van der Waals surface area (Å²) in [6.45, 7) is 5.07. The molecule has 2 saturated heterocycles. The molecule has 0 bridgehead atoms. The monoisotopic (exact) mass is 337 g/mol. The Kier molecular flexibility index (Phi) is 5.06. The molecule has 128 valence electrons. The molecule has 23 heavy (non-hydrogen) atoms. The van der Waals surface area contributed by atoms with Crippen molar-refractivity contribution in [3.05, 3.63) is 35.9 Å². The van der Waals surface area contributed by atoms with Gasteiger partial charge in [-0.1, -0.05) is 37.3 Å². The van der Waals surface area contributed by atoms with Crippen molar-refractivity contribution >= 4 is 10.2 Å². The predicted molar refractivity (Wildman–Crippen MR) is 92.2 cm³/mol. The zero-order valence-electron chi connectivity index (χ0n) is 13.8. The van der Waals surface area contributed by atoms with Crippen LogP contribution in [0.15, 0.2) is 30.3 Å². The minimum absolute atomic E-state index is 0.191. The first kappa shape index (κ1) is 16.9. The maximum Gasteiger partial charge on any atom is 0.282 e. The molecule has 0 aromatic heterocycles. The van der Waals surface area contributed by atoms with E-state index in [0.717, 1.165) is 12.8 Å². The molecule has 2 fully saturated rings. The first-order valence-electron chi connectivity index (χ1n) is 8.52. The van der Waals surface area contributed by atoms with Gasteiger partial charge in [0.1, 0.15) is 0 Å².